The zero-order chi connectivity index (χ0) is 27.8. The zero-order valence-corrected chi connectivity index (χ0v) is 22.3. The molecule has 11 heteroatoms. The summed E-state index contributed by atoms with van der Waals surface area (Å²) >= 11 is 1.20. The van der Waals surface area contributed by atoms with Crippen LogP contribution in [-0.4, -0.2) is 60.1 Å². The molecule has 0 aliphatic carbocycles. The number of carbonyl (C=O) groups excluding carboxylic acids is 3. The number of hydrogen-bond acceptors (Lipinski definition) is 7. The number of pyridine rings is 1. The molecule has 2 N–H and O–H groups in total. The first-order valence-corrected chi connectivity index (χ1v) is 13.4. The second-order valence-corrected chi connectivity index (χ2v) is 10.3. The molecule has 10 nitrogen and oxygen atoms in total. The van der Waals surface area contributed by atoms with Crippen molar-refractivity contribution in [1.29, 1.82) is 0 Å². The van der Waals surface area contributed by atoms with Crippen molar-refractivity contribution in [1.82, 2.24) is 15.2 Å². The maximum Gasteiger partial charge on any atom is 0.331 e. The lowest BCUT2D eigenvalue weighted by Crippen LogP contribution is -2.44. The van der Waals surface area contributed by atoms with Crippen molar-refractivity contribution in [2.45, 2.75) is 12.1 Å². The van der Waals surface area contributed by atoms with Crippen molar-refractivity contribution < 1.29 is 23.9 Å². The highest BCUT2D eigenvalue weighted by Gasteiger charge is 2.38. The van der Waals surface area contributed by atoms with E-state index < -0.39 is 12.1 Å². The molecule has 4 amide bonds. The number of nitrogens with zero attached hydrogens (tertiary/aromatic N) is 3. The van der Waals surface area contributed by atoms with Crippen molar-refractivity contribution >= 4 is 56.5 Å². The molecule has 0 saturated carbocycles. The number of nitrogens with one attached hydrogen (secondary N) is 2. The lowest BCUT2D eigenvalue weighted by atomic mass is 10.1. The van der Waals surface area contributed by atoms with E-state index in [4.69, 9.17) is 9.47 Å². The Morgan fingerprint density at radius 3 is 2.58 bits per heavy atom. The summed E-state index contributed by atoms with van der Waals surface area (Å²) in [4.78, 5) is 47.5. The number of benzene rings is 2. The number of thiophene rings is 1. The van der Waals surface area contributed by atoms with Crippen LogP contribution in [0.3, 0.4) is 0 Å². The van der Waals surface area contributed by atoms with Gasteiger partial charge in [0.15, 0.2) is 0 Å². The first-order chi connectivity index (χ1) is 19.5. The van der Waals surface area contributed by atoms with Crippen LogP contribution in [0, 0.1) is 0 Å². The number of urea groups is 1. The highest BCUT2D eigenvalue weighted by atomic mass is 32.1. The Labute approximate surface area is 233 Å². The summed E-state index contributed by atoms with van der Waals surface area (Å²) in [6.45, 7) is 4.17. The lowest BCUT2D eigenvalue weighted by molar-refractivity contribution is -0.125. The third-order valence-electron chi connectivity index (χ3n) is 6.90. The van der Waals surface area contributed by atoms with Crippen LogP contribution in [0.4, 0.5) is 21.9 Å². The maximum absolute atomic E-state index is 13.5. The van der Waals surface area contributed by atoms with Crippen LogP contribution in [0.5, 0.6) is 11.5 Å². The second-order valence-electron chi connectivity index (χ2n) is 9.29. The molecular formula is C29H25N5O5S. The summed E-state index contributed by atoms with van der Waals surface area (Å²) < 4.78 is 11.4. The predicted molar refractivity (Wildman–Crippen MR) is 153 cm³/mol. The van der Waals surface area contributed by atoms with Gasteiger partial charge in [-0.05, 0) is 48.5 Å². The summed E-state index contributed by atoms with van der Waals surface area (Å²) in [6.07, 6.45) is 2.49. The Morgan fingerprint density at radius 2 is 1.85 bits per heavy atom. The Hall–Kier alpha value is -4.74. The number of rotatable bonds is 7. The lowest BCUT2D eigenvalue weighted by Gasteiger charge is -2.28. The maximum atomic E-state index is 13.5. The average Bonchev–Trinajstić information content (AvgIpc) is 3.56. The molecule has 0 spiro atoms. The fourth-order valence-corrected chi connectivity index (χ4v) is 6.01. The number of likely N-dealkylation sites (tertiary alicyclic amines) is 1. The van der Waals surface area contributed by atoms with Gasteiger partial charge in [0.2, 0.25) is 5.91 Å². The monoisotopic (exact) mass is 555 g/mol. The molecular weight excluding hydrogens is 530 g/mol. The molecule has 2 aliphatic heterocycles. The number of hydrogen-bond donors (Lipinski definition) is 2. The summed E-state index contributed by atoms with van der Waals surface area (Å²) in [5.41, 5.74) is 1.67. The molecule has 6 rings (SSSR count). The van der Waals surface area contributed by atoms with Gasteiger partial charge in [0.1, 0.15) is 21.2 Å². The summed E-state index contributed by atoms with van der Waals surface area (Å²) in [6, 6.07) is 17.6. The van der Waals surface area contributed by atoms with E-state index in [0.717, 1.165) is 0 Å². The van der Waals surface area contributed by atoms with Gasteiger partial charge in [0, 0.05) is 26.4 Å². The molecule has 2 aromatic carbocycles. The smallest absolute Gasteiger partial charge is 0.331 e. The highest BCUT2D eigenvalue weighted by molar-refractivity contribution is 7.21. The Bertz CT molecular complexity index is 1620. The molecule has 0 bridgehead atoms. The summed E-state index contributed by atoms with van der Waals surface area (Å²) in [7, 11) is 1.54. The fourth-order valence-electron chi connectivity index (χ4n) is 4.98. The minimum Gasteiger partial charge on any atom is -0.457 e. The van der Waals surface area contributed by atoms with Gasteiger partial charge in [-0.3, -0.25) is 14.5 Å². The quantitative estimate of drug-likeness (QED) is 0.313. The number of aromatic nitrogens is 1. The Morgan fingerprint density at radius 1 is 1.10 bits per heavy atom. The number of ether oxygens (including phenoxy) is 2. The van der Waals surface area contributed by atoms with Crippen LogP contribution in [0.2, 0.25) is 0 Å². The molecule has 40 heavy (non-hydrogen) atoms. The van der Waals surface area contributed by atoms with Crippen LogP contribution >= 0.6 is 11.3 Å². The first kappa shape index (κ1) is 25.5. The molecule has 0 unspecified atom stereocenters. The first-order valence-electron chi connectivity index (χ1n) is 12.6. The van der Waals surface area contributed by atoms with E-state index in [0.29, 0.717) is 56.7 Å². The van der Waals surface area contributed by atoms with Crippen LogP contribution in [-0.2, 0) is 9.53 Å². The largest absolute Gasteiger partial charge is 0.457 e. The van der Waals surface area contributed by atoms with Gasteiger partial charge in [-0.2, -0.15) is 0 Å². The second kappa shape index (κ2) is 10.4. The third-order valence-corrected chi connectivity index (χ3v) is 7.99. The van der Waals surface area contributed by atoms with E-state index in [1.54, 1.807) is 53.4 Å². The van der Waals surface area contributed by atoms with E-state index in [1.807, 2.05) is 30.3 Å². The highest BCUT2D eigenvalue weighted by Crippen LogP contribution is 2.46. The SMILES string of the molecule is C=CC(=O)N1C[C@H](NC(=O)c2sc3nccc4c3c2NC(=O)N4c2ccc(Oc3ccccc3)cc2)[C@@H](OC)C1. The summed E-state index contributed by atoms with van der Waals surface area (Å²) in [5.74, 6) is 0.749. The van der Waals surface area contributed by atoms with E-state index in [2.05, 4.69) is 22.2 Å². The van der Waals surface area contributed by atoms with Crippen molar-refractivity contribution in [3.05, 3.63) is 84.4 Å². The third kappa shape index (κ3) is 4.55. The van der Waals surface area contributed by atoms with E-state index in [1.165, 1.54) is 17.4 Å². The van der Waals surface area contributed by atoms with Crippen molar-refractivity contribution in [2.24, 2.45) is 0 Å². The van der Waals surface area contributed by atoms with Gasteiger partial charge in [-0.1, -0.05) is 24.8 Å². The molecule has 4 aromatic rings. The van der Waals surface area contributed by atoms with Gasteiger partial charge in [0.05, 0.1) is 34.6 Å². The molecule has 0 radical (unpaired) electrons. The van der Waals surface area contributed by atoms with Crippen LogP contribution in [0.1, 0.15) is 9.67 Å². The molecule has 1 fully saturated rings. The van der Waals surface area contributed by atoms with Gasteiger partial charge in [-0.15, -0.1) is 11.3 Å². The van der Waals surface area contributed by atoms with E-state index in [-0.39, 0.29) is 17.9 Å². The zero-order valence-electron chi connectivity index (χ0n) is 21.5. The molecule has 2 aromatic heterocycles. The van der Waals surface area contributed by atoms with E-state index in [9.17, 15) is 14.4 Å². The standard InChI is InChI=1S/C29H25N5O5S/c1-3-23(35)33-15-20(22(16-33)38-2)31-27(36)26-25-24-21(13-14-30-28(24)40-26)34(29(37)32-25)17-9-11-19(12-10-17)39-18-7-5-4-6-8-18/h3-14,20,22H,1,15-16H2,2H3,(H,31,36)(H,32,37)/t20-,22-/m0/s1. The Balaban J connectivity index is 1.28. The normalized spacial score (nSPS) is 18.0. The topological polar surface area (TPSA) is 113 Å². The number of amides is 4. The number of carbonyl (C=O) groups is 3. The van der Waals surface area contributed by atoms with Gasteiger partial charge in [0.25, 0.3) is 5.91 Å². The van der Waals surface area contributed by atoms with Crippen LogP contribution < -0.4 is 20.3 Å². The van der Waals surface area contributed by atoms with E-state index >= 15 is 0 Å². The molecule has 202 valence electrons. The molecule has 2 atom stereocenters. The van der Waals surface area contributed by atoms with Crippen LogP contribution in [0.15, 0.2) is 79.5 Å². The number of methoxy groups -OCH3 is 1. The van der Waals surface area contributed by atoms with Gasteiger partial charge >= 0.3 is 6.03 Å². The minimum atomic E-state index is -0.418. The minimum absolute atomic E-state index is 0.225. The number of para-hydroxylation sites is 1. The van der Waals surface area contributed by atoms with Crippen LogP contribution in [0.25, 0.3) is 10.2 Å². The average molecular weight is 556 g/mol. The van der Waals surface area contributed by atoms with Gasteiger partial charge < -0.3 is 25.0 Å². The number of anilines is 3. The Kier molecular flexibility index (Phi) is 6.66. The predicted octanol–water partition coefficient (Wildman–Crippen LogP) is 4.91. The van der Waals surface area contributed by atoms with Crippen molar-refractivity contribution in [2.75, 3.05) is 30.4 Å². The molecule has 4 heterocycles. The fraction of sp³-hybridized carbons (Fsp3) is 0.172. The molecule has 1 saturated heterocycles. The summed E-state index contributed by atoms with van der Waals surface area (Å²) in [5, 5.41) is 6.56. The van der Waals surface area contributed by atoms with Crippen molar-refractivity contribution in [3.8, 4) is 11.5 Å². The van der Waals surface area contributed by atoms with Crippen molar-refractivity contribution in [3.63, 3.8) is 0 Å². The van der Waals surface area contributed by atoms with Gasteiger partial charge in [-0.25, -0.2) is 9.78 Å². The molecule has 2 aliphatic rings.